The molecule has 3 nitrogen and oxygen atoms in total. The lowest BCUT2D eigenvalue weighted by atomic mass is 9.90. The van der Waals surface area contributed by atoms with Gasteiger partial charge in [-0.15, -0.1) is 0 Å². The summed E-state index contributed by atoms with van der Waals surface area (Å²) >= 11 is 6.27. The fourth-order valence-electron chi connectivity index (χ4n) is 3.48. The number of fused-ring (bicyclic) bond motifs is 1. The van der Waals surface area contributed by atoms with Gasteiger partial charge in [-0.25, -0.2) is 4.98 Å². The van der Waals surface area contributed by atoms with Gasteiger partial charge in [-0.1, -0.05) is 71.8 Å². The van der Waals surface area contributed by atoms with Gasteiger partial charge in [-0.05, 0) is 41.8 Å². The summed E-state index contributed by atoms with van der Waals surface area (Å²) in [7, 11) is 0. The maximum Gasteiger partial charge on any atom is 0.307 e. The van der Waals surface area contributed by atoms with Crippen LogP contribution < -0.4 is 0 Å². The average Bonchev–Trinajstić information content (AvgIpc) is 2.68. The third kappa shape index (κ3) is 3.49. The molecule has 0 radical (unpaired) electrons. The molecule has 4 heteroatoms. The van der Waals surface area contributed by atoms with Crippen molar-refractivity contribution in [3.63, 3.8) is 0 Å². The number of carboxylic acids is 1. The van der Waals surface area contributed by atoms with Crippen molar-refractivity contribution < 1.29 is 9.90 Å². The Hall–Kier alpha value is -3.17. The lowest BCUT2D eigenvalue weighted by Gasteiger charge is -2.17. The first kappa shape index (κ1) is 18.2. The normalized spacial score (nSPS) is 10.9. The number of hydrogen-bond acceptors (Lipinski definition) is 2. The summed E-state index contributed by atoms with van der Waals surface area (Å²) in [5.74, 6) is -0.895. The lowest BCUT2D eigenvalue weighted by molar-refractivity contribution is -0.136. The minimum Gasteiger partial charge on any atom is -0.481 e. The zero-order chi connectivity index (χ0) is 19.7. The van der Waals surface area contributed by atoms with Crippen molar-refractivity contribution in [3.8, 4) is 22.4 Å². The molecule has 28 heavy (non-hydrogen) atoms. The van der Waals surface area contributed by atoms with E-state index in [2.05, 4.69) is 0 Å². The fraction of sp³-hybridized carbons (Fsp3) is 0.0833. The molecule has 0 aliphatic heterocycles. The first-order chi connectivity index (χ1) is 13.5. The number of halogens is 1. The van der Waals surface area contributed by atoms with E-state index >= 15 is 0 Å². The van der Waals surface area contributed by atoms with Gasteiger partial charge in [-0.3, -0.25) is 4.79 Å². The zero-order valence-corrected chi connectivity index (χ0v) is 16.1. The van der Waals surface area contributed by atoms with Crippen LogP contribution in [-0.4, -0.2) is 16.1 Å². The van der Waals surface area contributed by atoms with Crippen molar-refractivity contribution in [2.24, 2.45) is 0 Å². The average molecular weight is 388 g/mol. The number of aromatic nitrogens is 1. The second-order valence-electron chi connectivity index (χ2n) is 6.78. The van der Waals surface area contributed by atoms with E-state index < -0.39 is 5.97 Å². The molecule has 0 atom stereocenters. The molecule has 1 N–H and O–H groups in total. The van der Waals surface area contributed by atoms with E-state index in [0.717, 1.165) is 33.2 Å². The molecular weight excluding hydrogens is 370 g/mol. The van der Waals surface area contributed by atoms with Crippen LogP contribution in [0.15, 0.2) is 72.8 Å². The molecule has 4 rings (SSSR count). The quantitative estimate of drug-likeness (QED) is 0.456. The highest BCUT2D eigenvalue weighted by molar-refractivity contribution is 6.31. The molecule has 3 aromatic carbocycles. The molecule has 0 saturated carbocycles. The highest BCUT2D eigenvalue weighted by Crippen LogP contribution is 2.38. The minimum absolute atomic E-state index is 0.122. The molecular formula is C24H18ClNO2. The molecule has 138 valence electrons. The van der Waals surface area contributed by atoms with Crippen LogP contribution in [0.1, 0.15) is 11.1 Å². The molecule has 0 unspecified atom stereocenters. The van der Waals surface area contributed by atoms with Crippen molar-refractivity contribution in [1.82, 2.24) is 4.98 Å². The van der Waals surface area contributed by atoms with Gasteiger partial charge in [0.15, 0.2) is 0 Å². The number of nitrogens with zero attached hydrogens (tertiary/aromatic N) is 1. The highest BCUT2D eigenvalue weighted by atomic mass is 35.5. The van der Waals surface area contributed by atoms with Crippen molar-refractivity contribution in [2.45, 2.75) is 13.3 Å². The highest BCUT2D eigenvalue weighted by Gasteiger charge is 2.20. The van der Waals surface area contributed by atoms with Crippen LogP contribution in [0.5, 0.6) is 0 Å². The van der Waals surface area contributed by atoms with Gasteiger partial charge in [0.1, 0.15) is 0 Å². The van der Waals surface area contributed by atoms with Crippen LogP contribution in [0.25, 0.3) is 33.3 Å². The third-order valence-electron chi connectivity index (χ3n) is 4.76. The number of aryl methyl sites for hydroxylation is 1. The molecule has 0 aliphatic rings. The summed E-state index contributed by atoms with van der Waals surface area (Å²) in [5, 5.41) is 11.1. The first-order valence-electron chi connectivity index (χ1n) is 8.99. The molecule has 0 aliphatic carbocycles. The Kier molecular flexibility index (Phi) is 4.84. The monoisotopic (exact) mass is 387 g/mol. The van der Waals surface area contributed by atoms with Crippen LogP contribution in [0.2, 0.25) is 5.02 Å². The van der Waals surface area contributed by atoms with E-state index in [-0.39, 0.29) is 6.42 Å². The Morgan fingerprint density at radius 2 is 1.68 bits per heavy atom. The molecule has 0 bridgehead atoms. The van der Waals surface area contributed by atoms with E-state index in [0.29, 0.717) is 16.3 Å². The Labute approximate surface area is 168 Å². The molecule has 1 heterocycles. The Balaban J connectivity index is 2.13. The maximum absolute atomic E-state index is 11.7. The van der Waals surface area contributed by atoms with Gasteiger partial charge >= 0.3 is 5.97 Å². The zero-order valence-electron chi connectivity index (χ0n) is 15.3. The summed E-state index contributed by atoms with van der Waals surface area (Å²) < 4.78 is 0. The van der Waals surface area contributed by atoms with Crippen molar-refractivity contribution in [3.05, 3.63) is 88.9 Å². The number of hydrogen-bond donors (Lipinski definition) is 1. The fourth-order valence-corrected chi connectivity index (χ4v) is 3.66. The third-order valence-corrected chi connectivity index (χ3v) is 5.00. The Morgan fingerprint density at radius 3 is 2.36 bits per heavy atom. The van der Waals surface area contributed by atoms with Gasteiger partial charge in [0.05, 0.1) is 17.6 Å². The Bertz CT molecular complexity index is 1170. The molecule has 0 fully saturated rings. The Morgan fingerprint density at radius 1 is 0.964 bits per heavy atom. The number of rotatable bonds is 4. The maximum atomic E-state index is 11.7. The van der Waals surface area contributed by atoms with Gasteiger partial charge in [0.2, 0.25) is 0 Å². The van der Waals surface area contributed by atoms with Gasteiger partial charge in [0, 0.05) is 16.0 Å². The predicted molar refractivity (Wildman–Crippen MR) is 114 cm³/mol. The molecule has 0 saturated heterocycles. The van der Waals surface area contributed by atoms with E-state index in [4.69, 9.17) is 16.6 Å². The second-order valence-corrected chi connectivity index (χ2v) is 7.21. The smallest absolute Gasteiger partial charge is 0.307 e. The van der Waals surface area contributed by atoms with Crippen LogP contribution in [0.3, 0.4) is 0 Å². The van der Waals surface area contributed by atoms with Crippen LogP contribution >= 0.6 is 11.6 Å². The van der Waals surface area contributed by atoms with E-state index in [1.54, 1.807) is 6.07 Å². The SMILES string of the molecule is Cc1ccc(-c2nc3ccc(Cl)cc3c(-c3ccccc3)c2CC(=O)O)cc1. The number of carboxylic acid groups (broad SMARTS) is 1. The largest absolute Gasteiger partial charge is 0.481 e. The van der Waals surface area contributed by atoms with Crippen LogP contribution in [-0.2, 0) is 11.2 Å². The van der Waals surface area contributed by atoms with Gasteiger partial charge in [-0.2, -0.15) is 0 Å². The van der Waals surface area contributed by atoms with Crippen molar-refractivity contribution >= 4 is 28.5 Å². The molecule has 0 spiro atoms. The standard InChI is InChI=1S/C24H18ClNO2/c1-15-7-9-17(10-8-15)24-20(14-22(27)28)23(16-5-3-2-4-6-16)19-13-18(25)11-12-21(19)26-24/h2-13H,14H2,1H3,(H,27,28). The number of aliphatic carboxylic acids is 1. The second kappa shape index (κ2) is 7.45. The predicted octanol–water partition coefficient (Wildman–Crippen LogP) is 6.16. The summed E-state index contributed by atoms with van der Waals surface area (Å²) in [6, 6.07) is 23.3. The van der Waals surface area contributed by atoms with Crippen molar-refractivity contribution in [1.29, 1.82) is 0 Å². The summed E-state index contributed by atoms with van der Waals surface area (Å²) in [4.78, 5) is 16.6. The van der Waals surface area contributed by atoms with Gasteiger partial charge < -0.3 is 5.11 Å². The summed E-state index contributed by atoms with van der Waals surface area (Å²) in [6.45, 7) is 2.02. The number of carbonyl (C=O) groups is 1. The van der Waals surface area contributed by atoms with Crippen LogP contribution in [0.4, 0.5) is 0 Å². The van der Waals surface area contributed by atoms with E-state index in [1.165, 1.54) is 0 Å². The molecule has 4 aromatic rings. The lowest BCUT2D eigenvalue weighted by Crippen LogP contribution is -2.06. The topological polar surface area (TPSA) is 50.2 Å². The summed E-state index contributed by atoms with van der Waals surface area (Å²) in [6.07, 6.45) is -0.122. The number of benzene rings is 3. The molecule has 1 aromatic heterocycles. The molecule has 0 amide bonds. The summed E-state index contributed by atoms with van der Waals surface area (Å²) in [5.41, 5.74) is 6.02. The first-order valence-corrected chi connectivity index (χ1v) is 9.37. The van der Waals surface area contributed by atoms with Gasteiger partial charge in [0.25, 0.3) is 0 Å². The number of pyridine rings is 1. The minimum atomic E-state index is -0.895. The van der Waals surface area contributed by atoms with E-state index in [1.807, 2.05) is 73.7 Å². The van der Waals surface area contributed by atoms with E-state index in [9.17, 15) is 9.90 Å². The van der Waals surface area contributed by atoms with Crippen molar-refractivity contribution in [2.75, 3.05) is 0 Å². The van der Waals surface area contributed by atoms with Crippen LogP contribution in [0, 0.1) is 6.92 Å².